The minimum absolute atomic E-state index is 0.0526. The Morgan fingerprint density at radius 3 is 2.21 bits per heavy atom. The number of hydrogen-bond donors (Lipinski definition) is 1. The molecule has 196 valence electrons. The first-order valence-corrected chi connectivity index (χ1v) is 12.5. The van der Waals surface area contributed by atoms with Crippen molar-refractivity contribution in [3.8, 4) is 28.7 Å². The van der Waals surface area contributed by atoms with E-state index < -0.39 is 0 Å². The predicted molar refractivity (Wildman–Crippen MR) is 151 cm³/mol. The minimum Gasteiger partial charge on any atom is -0.484 e. The lowest BCUT2D eigenvalue weighted by Crippen LogP contribution is -2.20. The third-order valence-corrected chi connectivity index (χ3v) is 6.44. The number of fused-ring (bicyclic) bond motifs is 1. The minimum atomic E-state index is -0.342. The zero-order valence-electron chi connectivity index (χ0n) is 21.2. The van der Waals surface area contributed by atoms with E-state index in [1.807, 2.05) is 44.2 Å². The molecule has 0 aliphatic carbocycles. The summed E-state index contributed by atoms with van der Waals surface area (Å²) in [6.07, 6.45) is 1.26. The normalized spacial score (nSPS) is 10.7. The molecule has 0 radical (unpaired) electrons. The highest BCUT2D eigenvalue weighted by Gasteiger charge is 2.13. The number of amides is 1. The quantitative estimate of drug-likeness (QED) is 0.217. The van der Waals surface area contributed by atoms with Gasteiger partial charge in [0.2, 0.25) is 11.2 Å². The van der Waals surface area contributed by atoms with E-state index in [-0.39, 0.29) is 23.7 Å². The Morgan fingerprint density at radius 2 is 1.49 bits per heavy atom. The van der Waals surface area contributed by atoms with Crippen LogP contribution >= 0.6 is 11.6 Å². The Bertz CT molecular complexity index is 1670. The summed E-state index contributed by atoms with van der Waals surface area (Å²) in [6.45, 7) is 3.50. The molecule has 1 heterocycles. The average Bonchev–Trinajstić information content (AvgIpc) is 2.94. The third-order valence-electron chi connectivity index (χ3n) is 5.84. The van der Waals surface area contributed by atoms with Crippen LogP contribution in [-0.4, -0.2) is 12.5 Å². The molecule has 0 aliphatic rings. The number of halogens is 1. The summed E-state index contributed by atoms with van der Waals surface area (Å²) >= 11 is 6.22. The van der Waals surface area contributed by atoms with Gasteiger partial charge in [0.05, 0.1) is 5.39 Å². The van der Waals surface area contributed by atoms with Gasteiger partial charge in [0, 0.05) is 16.8 Å². The van der Waals surface area contributed by atoms with Gasteiger partial charge in [-0.25, -0.2) is 0 Å². The summed E-state index contributed by atoms with van der Waals surface area (Å²) in [5, 5.41) is 3.75. The van der Waals surface area contributed by atoms with E-state index in [0.29, 0.717) is 38.9 Å². The van der Waals surface area contributed by atoms with Gasteiger partial charge >= 0.3 is 0 Å². The van der Waals surface area contributed by atoms with Gasteiger partial charge in [-0.15, -0.1) is 0 Å². The van der Waals surface area contributed by atoms with Gasteiger partial charge in [0.15, 0.2) is 6.61 Å². The van der Waals surface area contributed by atoms with E-state index in [1.54, 1.807) is 54.6 Å². The van der Waals surface area contributed by atoms with Crippen molar-refractivity contribution >= 4 is 34.2 Å². The zero-order valence-corrected chi connectivity index (χ0v) is 22.0. The smallest absolute Gasteiger partial charge is 0.262 e. The maximum Gasteiger partial charge on any atom is 0.262 e. The van der Waals surface area contributed by atoms with E-state index >= 15 is 0 Å². The van der Waals surface area contributed by atoms with Crippen LogP contribution in [0.2, 0.25) is 5.02 Å². The molecule has 0 saturated carbocycles. The molecule has 7 nitrogen and oxygen atoms in total. The van der Waals surface area contributed by atoms with Crippen LogP contribution in [0.5, 0.6) is 28.7 Å². The molecular weight excluding hydrogens is 518 g/mol. The number of hydrogen-bond acceptors (Lipinski definition) is 6. The van der Waals surface area contributed by atoms with Crippen molar-refractivity contribution < 1.29 is 23.4 Å². The highest BCUT2D eigenvalue weighted by atomic mass is 35.5. The molecule has 1 amide bonds. The summed E-state index contributed by atoms with van der Waals surface area (Å²) in [5.74, 6) is 1.96. The van der Waals surface area contributed by atoms with Crippen molar-refractivity contribution in [2.45, 2.75) is 13.8 Å². The number of para-hydroxylation sites is 1. The molecule has 0 aliphatic heterocycles. The molecule has 39 heavy (non-hydrogen) atoms. The molecule has 5 rings (SSSR count). The van der Waals surface area contributed by atoms with E-state index in [4.69, 9.17) is 30.2 Å². The number of ether oxygens (including phenoxy) is 3. The summed E-state index contributed by atoms with van der Waals surface area (Å²) in [7, 11) is 0. The summed E-state index contributed by atoms with van der Waals surface area (Å²) in [5.41, 5.74) is 2.27. The predicted octanol–water partition coefficient (Wildman–Crippen LogP) is 7.67. The Kier molecular flexibility index (Phi) is 7.52. The molecule has 0 spiro atoms. The van der Waals surface area contributed by atoms with Crippen molar-refractivity contribution in [2.24, 2.45) is 0 Å². The summed E-state index contributed by atoms with van der Waals surface area (Å²) in [6, 6.07) is 24.7. The molecule has 0 saturated heterocycles. The summed E-state index contributed by atoms with van der Waals surface area (Å²) in [4.78, 5) is 25.4. The molecule has 1 aromatic heterocycles. The standard InChI is InChI=1S/C31H24ClNO6/c1-19-14-25(15-20(2)30(19)32)39-28-17-37-27-16-24(12-13-26(27)31(28)35)36-18-29(34)33-21-8-10-23(11-9-21)38-22-6-4-3-5-7-22/h3-17H,18H2,1-2H3,(H,33,34). The second-order valence-electron chi connectivity index (χ2n) is 8.84. The van der Waals surface area contributed by atoms with Gasteiger partial charge in [-0.2, -0.15) is 0 Å². The van der Waals surface area contributed by atoms with Crippen LogP contribution in [0.3, 0.4) is 0 Å². The lowest BCUT2D eigenvalue weighted by molar-refractivity contribution is -0.118. The molecule has 8 heteroatoms. The van der Waals surface area contributed by atoms with Crippen LogP contribution in [0.15, 0.2) is 100 Å². The number of nitrogens with one attached hydrogen (secondary N) is 1. The fourth-order valence-corrected chi connectivity index (χ4v) is 4.03. The van der Waals surface area contributed by atoms with Gasteiger partial charge in [-0.1, -0.05) is 29.8 Å². The molecule has 0 fully saturated rings. The average molecular weight is 542 g/mol. The van der Waals surface area contributed by atoms with Crippen LogP contribution in [0, 0.1) is 13.8 Å². The maximum atomic E-state index is 13.0. The van der Waals surface area contributed by atoms with E-state index in [1.165, 1.54) is 6.26 Å². The Balaban J connectivity index is 1.20. The number of carbonyl (C=O) groups excluding carboxylic acids is 1. The van der Waals surface area contributed by atoms with Gasteiger partial charge < -0.3 is 23.9 Å². The Morgan fingerprint density at radius 1 is 0.821 bits per heavy atom. The molecule has 1 N–H and O–H groups in total. The van der Waals surface area contributed by atoms with E-state index in [0.717, 1.165) is 16.9 Å². The maximum absolute atomic E-state index is 13.0. The van der Waals surface area contributed by atoms with Gasteiger partial charge in [-0.05, 0) is 85.6 Å². The second-order valence-corrected chi connectivity index (χ2v) is 9.21. The number of carbonyl (C=O) groups is 1. The molecule has 0 bridgehead atoms. The SMILES string of the molecule is Cc1cc(Oc2coc3cc(OCC(=O)Nc4ccc(Oc5ccccc5)cc4)ccc3c2=O)cc(C)c1Cl. The fourth-order valence-electron chi connectivity index (χ4n) is 3.92. The molecule has 0 unspecified atom stereocenters. The first-order valence-electron chi connectivity index (χ1n) is 12.1. The van der Waals surface area contributed by atoms with Gasteiger partial charge in [-0.3, -0.25) is 9.59 Å². The largest absolute Gasteiger partial charge is 0.484 e. The first kappa shape index (κ1) is 25.9. The lowest BCUT2D eigenvalue weighted by Gasteiger charge is -2.10. The van der Waals surface area contributed by atoms with Crippen molar-refractivity contribution in [3.63, 3.8) is 0 Å². The van der Waals surface area contributed by atoms with Crippen molar-refractivity contribution in [2.75, 3.05) is 11.9 Å². The van der Waals surface area contributed by atoms with Crippen molar-refractivity contribution in [3.05, 3.63) is 118 Å². The second kappa shape index (κ2) is 11.3. The van der Waals surface area contributed by atoms with Crippen LogP contribution in [-0.2, 0) is 4.79 Å². The van der Waals surface area contributed by atoms with Gasteiger partial charge in [0.25, 0.3) is 5.91 Å². The van der Waals surface area contributed by atoms with Crippen molar-refractivity contribution in [1.29, 1.82) is 0 Å². The molecular formula is C31H24ClNO6. The first-order chi connectivity index (χ1) is 18.9. The monoisotopic (exact) mass is 541 g/mol. The Hall–Kier alpha value is -4.75. The van der Waals surface area contributed by atoms with Crippen LogP contribution < -0.4 is 25.0 Å². The van der Waals surface area contributed by atoms with Crippen LogP contribution in [0.25, 0.3) is 11.0 Å². The van der Waals surface area contributed by atoms with E-state index in [2.05, 4.69) is 5.32 Å². The topological polar surface area (TPSA) is 87.0 Å². The van der Waals surface area contributed by atoms with E-state index in [9.17, 15) is 9.59 Å². The third kappa shape index (κ3) is 6.22. The number of rotatable bonds is 8. The number of aryl methyl sites for hydroxylation is 2. The highest BCUT2D eigenvalue weighted by Crippen LogP contribution is 2.29. The summed E-state index contributed by atoms with van der Waals surface area (Å²) < 4.78 is 22.8. The van der Waals surface area contributed by atoms with Gasteiger partial charge in [0.1, 0.15) is 34.8 Å². The van der Waals surface area contributed by atoms with Crippen LogP contribution in [0.1, 0.15) is 11.1 Å². The molecule has 4 aromatic carbocycles. The lowest BCUT2D eigenvalue weighted by atomic mass is 10.1. The highest BCUT2D eigenvalue weighted by molar-refractivity contribution is 6.32. The van der Waals surface area contributed by atoms with Crippen molar-refractivity contribution in [1.82, 2.24) is 0 Å². The fraction of sp³-hybridized carbons (Fsp3) is 0.0968. The number of benzene rings is 4. The number of anilines is 1. The zero-order chi connectivity index (χ0) is 27.4. The molecule has 5 aromatic rings. The Labute approximate surface area is 229 Å². The van der Waals surface area contributed by atoms with Crippen LogP contribution in [0.4, 0.5) is 5.69 Å². The molecule has 0 atom stereocenters.